The first-order valence-corrected chi connectivity index (χ1v) is 6.48. The van der Waals surface area contributed by atoms with Crippen molar-refractivity contribution in [1.82, 2.24) is 14.7 Å². The lowest BCUT2D eigenvalue weighted by Crippen LogP contribution is -2.34. The van der Waals surface area contributed by atoms with Crippen molar-refractivity contribution < 1.29 is 8.42 Å². The van der Waals surface area contributed by atoms with Gasteiger partial charge in [-0.25, -0.2) is 18.1 Å². The molecule has 1 aromatic heterocycles. The number of H-pyrrole nitrogens is 1. The summed E-state index contributed by atoms with van der Waals surface area (Å²) in [4.78, 5) is 6.20. The van der Waals surface area contributed by atoms with Crippen molar-refractivity contribution in [1.29, 1.82) is 0 Å². The summed E-state index contributed by atoms with van der Waals surface area (Å²) in [6, 6.07) is -0.203. The van der Waals surface area contributed by atoms with E-state index in [0.29, 0.717) is 6.42 Å². The van der Waals surface area contributed by atoms with Gasteiger partial charge in [-0.05, 0) is 20.3 Å². The van der Waals surface area contributed by atoms with Crippen LogP contribution in [0.4, 0.5) is 0 Å². The van der Waals surface area contributed by atoms with Gasteiger partial charge in [0.05, 0.1) is 12.5 Å². The molecule has 0 aliphatic heterocycles. The molecule has 7 heteroatoms. The second-order valence-electron chi connectivity index (χ2n) is 3.45. The molecular formula is C8H14ClN3O2S. The topological polar surface area (TPSA) is 74.8 Å². The zero-order valence-corrected chi connectivity index (χ0v) is 10.1. The van der Waals surface area contributed by atoms with Gasteiger partial charge in [0.25, 0.3) is 10.0 Å². The van der Waals surface area contributed by atoms with Gasteiger partial charge in [0.1, 0.15) is 0 Å². The number of alkyl halides is 1. The van der Waals surface area contributed by atoms with Crippen LogP contribution in [0.15, 0.2) is 17.6 Å². The summed E-state index contributed by atoms with van der Waals surface area (Å²) in [7, 11) is -3.49. The van der Waals surface area contributed by atoms with Crippen LogP contribution in [0.3, 0.4) is 0 Å². The third-order valence-electron chi connectivity index (χ3n) is 1.80. The van der Waals surface area contributed by atoms with E-state index in [1.54, 1.807) is 6.92 Å². The predicted molar refractivity (Wildman–Crippen MR) is 58.3 cm³/mol. The monoisotopic (exact) mass is 251 g/mol. The first-order chi connectivity index (χ1) is 6.92. The Bertz CT molecular complexity index is 388. The SMILES string of the molecule is CC(Cl)CC(C)NS(=O)(=O)c1cnc[nH]1. The lowest BCUT2D eigenvalue weighted by molar-refractivity contribution is 0.543. The zero-order valence-electron chi connectivity index (χ0n) is 8.57. The Hall–Kier alpha value is -0.590. The molecule has 0 amide bonds. The minimum Gasteiger partial charge on any atom is -0.335 e. The predicted octanol–water partition coefficient (Wildman–Crippen LogP) is 1.09. The van der Waals surface area contributed by atoms with Crippen LogP contribution in [-0.4, -0.2) is 29.8 Å². The van der Waals surface area contributed by atoms with E-state index in [0.717, 1.165) is 0 Å². The molecule has 0 saturated carbocycles. The molecule has 2 N–H and O–H groups in total. The van der Waals surface area contributed by atoms with Gasteiger partial charge < -0.3 is 4.98 Å². The van der Waals surface area contributed by atoms with Crippen molar-refractivity contribution in [3.05, 3.63) is 12.5 Å². The van der Waals surface area contributed by atoms with Gasteiger partial charge in [-0.15, -0.1) is 11.6 Å². The molecule has 0 fully saturated rings. The van der Waals surface area contributed by atoms with E-state index in [9.17, 15) is 8.42 Å². The lowest BCUT2D eigenvalue weighted by atomic mass is 10.2. The summed E-state index contributed by atoms with van der Waals surface area (Å²) in [5, 5.41) is 0.000965. The molecule has 0 aromatic carbocycles. The number of aromatic amines is 1. The van der Waals surface area contributed by atoms with E-state index in [1.807, 2.05) is 6.92 Å². The number of hydrogen-bond acceptors (Lipinski definition) is 3. The van der Waals surface area contributed by atoms with Gasteiger partial charge in [-0.1, -0.05) is 0 Å². The van der Waals surface area contributed by atoms with Crippen LogP contribution in [0.5, 0.6) is 0 Å². The Morgan fingerprint density at radius 3 is 2.73 bits per heavy atom. The molecule has 0 aliphatic carbocycles. The van der Waals surface area contributed by atoms with Crippen molar-refractivity contribution in [2.75, 3.05) is 0 Å². The summed E-state index contributed by atoms with van der Waals surface area (Å²) in [6.07, 6.45) is 3.16. The number of rotatable bonds is 5. The standard InChI is InChI=1S/C8H14ClN3O2S/c1-6(9)3-7(2)12-15(13,14)8-4-10-5-11-8/h4-7,12H,3H2,1-2H3,(H,10,11). The number of sulfonamides is 1. The van der Waals surface area contributed by atoms with Gasteiger partial charge in [0.15, 0.2) is 5.03 Å². The van der Waals surface area contributed by atoms with Gasteiger partial charge >= 0.3 is 0 Å². The summed E-state index contributed by atoms with van der Waals surface area (Å²) in [5.74, 6) is 0. The third-order valence-corrected chi connectivity index (χ3v) is 3.49. The minimum absolute atomic E-state index is 0.0653. The molecule has 15 heavy (non-hydrogen) atoms. The number of imidazole rings is 1. The second kappa shape index (κ2) is 4.96. The minimum atomic E-state index is -3.49. The molecular weight excluding hydrogens is 238 g/mol. The molecule has 0 spiro atoms. The largest absolute Gasteiger partial charge is 0.335 e. The molecule has 0 aliphatic rings. The van der Waals surface area contributed by atoms with Crippen LogP contribution < -0.4 is 4.72 Å². The average Bonchev–Trinajstić information content (AvgIpc) is 2.51. The Morgan fingerprint density at radius 2 is 2.27 bits per heavy atom. The van der Waals surface area contributed by atoms with Gasteiger partial charge in [0.2, 0.25) is 0 Å². The summed E-state index contributed by atoms with van der Waals surface area (Å²) < 4.78 is 25.8. The Morgan fingerprint density at radius 1 is 1.60 bits per heavy atom. The molecule has 5 nitrogen and oxygen atoms in total. The highest BCUT2D eigenvalue weighted by atomic mass is 35.5. The maximum Gasteiger partial charge on any atom is 0.257 e. The summed E-state index contributed by atoms with van der Waals surface area (Å²) >= 11 is 5.77. The fourth-order valence-electron chi connectivity index (χ4n) is 1.25. The number of halogens is 1. The fraction of sp³-hybridized carbons (Fsp3) is 0.625. The lowest BCUT2D eigenvalue weighted by Gasteiger charge is -2.14. The first kappa shape index (κ1) is 12.5. The maximum absolute atomic E-state index is 11.7. The molecule has 2 unspecified atom stereocenters. The molecule has 0 radical (unpaired) electrons. The van der Waals surface area contributed by atoms with Crippen molar-refractivity contribution in [3.63, 3.8) is 0 Å². The number of hydrogen-bond donors (Lipinski definition) is 2. The fourth-order valence-corrected chi connectivity index (χ4v) is 2.68. The number of aromatic nitrogens is 2. The normalized spacial score (nSPS) is 16.2. The highest BCUT2D eigenvalue weighted by Gasteiger charge is 2.19. The number of nitrogens with zero attached hydrogens (tertiary/aromatic N) is 1. The molecule has 86 valence electrons. The highest BCUT2D eigenvalue weighted by molar-refractivity contribution is 7.89. The van der Waals surface area contributed by atoms with Crippen LogP contribution in [0.2, 0.25) is 0 Å². The molecule has 1 rings (SSSR count). The van der Waals surface area contributed by atoms with E-state index in [4.69, 9.17) is 11.6 Å². The Balaban J connectivity index is 2.66. The molecule has 0 saturated heterocycles. The van der Waals surface area contributed by atoms with Gasteiger partial charge in [-0.2, -0.15) is 0 Å². The van der Waals surface area contributed by atoms with E-state index < -0.39 is 10.0 Å². The summed E-state index contributed by atoms with van der Waals surface area (Å²) in [6.45, 7) is 3.59. The van der Waals surface area contributed by atoms with Gasteiger partial charge in [-0.3, -0.25) is 0 Å². The second-order valence-corrected chi connectivity index (χ2v) is 5.88. The van der Waals surface area contributed by atoms with Crippen LogP contribution in [-0.2, 0) is 10.0 Å². The van der Waals surface area contributed by atoms with Crippen LogP contribution >= 0.6 is 11.6 Å². The summed E-state index contributed by atoms with van der Waals surface area (Å²) in [5.41, 5.74) is 0. The van der Waals surface area contributed by atoms with Crippen molar-refractivity contribution in [3.8, 4) is 0 Å². The molecule has 1 aromatic rings. The van der Waals surface area contributed by atoms with E-state index in [-0.39, 0.29) is 16.4 Å². The zero-order chi connectivity index (χ0) is 11.5. The van der Waals surface area contributed by atoms with Crippen LogP contribution in [0.25, 0.3) is 0 Å². The average molecular weight is 252 g/mol. The smallest absolute Gasteiger partial charge is 0.257 e. The molecule has 2 atom stereocenters. The van der Waals surface area contributed by atoms with E-state index >= 15 is 0 Å². The molecule has 1 heterocycles. The van der Waals surface area contributed by atoms with E-state index in [2.05, 4.69) is 14.7 Å². The van der Waals surface area contributed by atoms with Crippen molar-refractivity contribution >= 4 is 21.6 Å². The first-order valence-electron chi connectivity index (χ1n) is 4.56. The van der Waals surface area contributed by atoms with Crippen molar-refractivity contribution in [2.24, 2.45) is 0 Å². The van der Waals surface area contributed by atoms with Crippen LogP contribution in [0.1, 0.15) is 20.3 Å². The van der Waals surface area contributed by atoms with Crippen LogP contribution in [0, 0.1) is 0 Å². The number of nitrogens with one attached hydrogen (secondary N) is 2. The quantitative estimate of drug-likeness (QED) is 0.770. The molecule has 0 bridgehead atoms. The van der Waals surface area contributed by atoms with E-state index in [1.165, 1.54) is 12.5 Å². The van der Waals surface area contributed by atoms with Gasteiger partial charge in [0, 0.05) is 11.4 Å². The highest BCUT2D eigenvalue weighted by Crippen LogP contribution is 2.08. The Labute approximate surface area is 94.3 Å². The third kappa shape index (κ3) is 3.81. The van der Waals surface area contributed by atoms with Crippen molar-refractivity contribution in [2.45, 2.75) is 36.7 Å². The Kier molecular flexibility index (Phi) is 4.12. The maximum atomic E-state index is 11.7.